The molecule has 0 amide bonds. The lowest BCUT2D eigenvalue weighted by Gasteiger charge is -2.32. The topological polar surface area (TPSA) is 26.0 Å². The molecule has 0 heterocycles. The monoisotopic (exact) mass is 271 g/mol. The first kappa shape index (κ1) is 12.7. The second-order valence-corrected chi connectivity index (χ2v) is 5.86. The molecule has 2 N–H and O–H groups in total. The fraction of sp³-hybridized carbons (Fsp3) is 0.294. The van der Waals surface area contributed by atoms with Gasteiger partial charge in [0.15, 0.2) is 0 Å². The van der Waals surface area contributed by atoms with Crippen molar-refractivity contribution in [1.82, 2.24) is 0 Å². The summed E-state index contributed by atoms with van der Waals surface area (Å²) in [7, 11) is 0. The van der Waals surface area contributed by atoms with Crippen molar-refractivity contribution in [3.8, 4) is 0 Å². The first-order chi connectivity index (χ1) is 9.22. The molecule has 2 unspecified atom stereocenters. The van der Waals surface area contributed by atoms with Crippen molar-refractivity contribution in [3.63, 3.8) is 0 Å². The van der Waals surface area contributed by atoms with Crippen molar-refractivity contribution < 1.29 is 0 Å². The fourth-order valence-electron chi connectivity index (χ4n) is 2.95. The van der Waals surface area contributed by atoms with Crippen LogP contribution >= 0.6 is 11.6 Å². The van der Waals surface area contributed by atoms with Gasteiger partial charge >= 0.3 is 0 Å². The van der Waals surface area contributed by atoms with Crippen molar-refractivity contribution in [2.24, 2.45) is 5.73 Å². The highest BCUT2D eigenvalue weighted by Crippen LogP contribution is 2.37. The summed E-state index contributed by atoms with van der Waals surface area (Å²) in [5, 5.41) is 0.783. The third-order valence-electron chi connectivity index (χ3n) is 3.96. The molecule has 0 radical (unpaired) electrons. The minimum absolute atomic E-state index is 0.222. The Morgan fingerprint density at radius 2 is 1.84 bits per heavy atom. The minimum atomic E-state index is 0.222. The summed E-state index contributed by atoms with van der Waals surface area (Å²) in [5.74, 6) is 0.651. The molecule has 1 nitrogen and oxygen atoms in total. The SMILES string of the molecule is NC(Cc1ccc(Cl)cc1)CC1Cc2ccccc21. The summed E-state index contributed by atoms with van der Waals surface area (Å²) < 4.78 is 0. The molecule has 1 aliphatic carbocycles. The number of fused-ring (bicyclic) bond motifs is 1. The zero-order valence-electron chi connectivity index (χ0n) is 10.9. The third kappa shape index (κ3) is 2.83. The molecular formula is C17H18ClN. The van der Waals surface area contributed by atoms with Crippen LogP contribution in [-0.2, 0) is 12.8 Å². The maximum atomic E-state index is 6.28. The van der Waals surface area contributed by atoms with E-state index in [-0.39, 0.29) is 6.04 Å². The van der Waals surface area contributed by atoms with Gasteiger partial charge < -0.3 is 5.73 Å². The second-order valence-electron chi connectivity index (χ2n) is 5.43. The van der Waals surface area contributed by atoms with Gasteiger partial charge in [0.05, 0.1) is 0 Å². The van der Waals surface area contributed by atoms with Gasteiger partial charge in [-0.15, -0.1) is 0 Å². The number of hydrogen-bond donors (Lipinski definition) is 1. The van der Waals surface area contributed by atoms with Gasteiger partial charge in [-0.2, -0.15) is 0 Å². The lowest BCUT2D eigenvalue weighted by molar-refractivity contribution is 0.484. The van der Waals surface area contributed by atoms with E-state index in [0.29, 0.717) is 5.92 Å². The van der Waals surface area contributed by atoms with E-state index < -0.39 is 0 Å². The average Bonchev–Trinajstić information content (AvgIpc) is 2.39. The van der Waals surface area contributed by atoms with Crippen LogP contribution in [-0.4, -0.2) is 6.04 Å². The summed E-state index contributed by atoms with van der Waals surface area (Å²) in [4.78, 5) is 0. The summed E-state index contributed by atoms with van der Waals surface area (Å²) in [6.07, 6.45) is 3.18. The van der Waals surface area contributed by atoms with Crippen LogP contribution in [0, 0.1) is 0 Å². The smallest absolute Gasteiger partial charge is 0.0406 e. The molecule has 3 rings (SSSR count). The lowest BCUT2D eigenvalue weighted by Crippen LogP contribution is -2.29. The highest BCUT2D eigenvalue weighted by molar-refractivity contribution is 6.30. The second kappa shape index (κ2) is 5.36. The summed E-state index contributed by atoms with van der Waals surface area (Å²) >= 11 is 5.89. The number of benzene rings is 2. The van der Waals surface area contributed by atoms with Gasteiger partial charge in [0.2, 0.25) is 0 Å². The molecule has 0 spiro atoms. The number of rotatable bonds is 4. The van der Waals surface area contributed by atoms with E-state index in [2.05, 4.69) is 36.4 Å². The lowest BCUT2D eigenvalue weighted by atomic mass is 9.74. The summed E-state index contributed by atoms with van der Waals surface area (Å²) in [5.41, 5.74) is 10.5. The van der Waals surface area contributed by atoms with E-state index in [0.717, 1.165) is 17.9 Å². The van der Waals surface area contributed by atoms with E-state index in [1.165, 1.54) is 23.1 Å². The van der Waals surface area contributed by atoms with Crippen molar-refractivity contribution in [1.29, 1.82) is 0 Å². The maximum absolute atomic E-state index is 6.28. The van der Waals surface area contributed by atoms with Crippen LogP contribution in [0.5, 0.6) is 0 Å². The van der Waals surface area contributed by atoms with Crippen LogP contribution in [0.1, 0.15) is 29.0 Å². The molecule has 2 aromatic rings. The molecule has 19 heavy (non-hydrogen) atoms. The predicted octanol–water partition coefficient (Wildman–Crippen LogP) is 3.94. The summed E-state index contributed by atoms with van der Waals surface area (Å²) in [6, 6.07) is 16.9. The average molecular weight is 272 g/mol. The highest BCUT2D eigenvalue weighted by Gasteiger charge is 2.26. The summed E-state index contributed by atoms with van der Waals surface area (Å²) in [6.45, 7) is 0. The molecule has 0 bridgehead atoms. The van der Waals surface area contributed by atoms with E-state index in [4.69, 9.17) is 17.3 Å². The van der Waals surface area contributed by atoms with Crippen LogP contribution in [0.15, 0.2) is 48.5 Å². The van der Waals surface area contributed by atoms with Crippen LogP contribution in [0.2, 0.25) is 5.02 Å². The Morgan fingerprint density at radius 1 is 1.11 bits per heavy atom. The molecule has 0 fully saturated rings. The normalized spacial score (nSPS) is 18.5. The molecule has 2 aromatic carbocycles. The van der Waals surface area contributed by atoms with Gasteiger partial charge in [-0.3, -0.25) is 0 Å². The quantitative estimate of drug-likeness (QED) is 0.896. The largest absolute Gasteiger partial charge is 0.327 e. The standard InChI is InChI=1S/C17H18ClN/c18-15-7-5-12(6-8-15)9-16(19)11-14-10-13-3-1-2-4-17(13)14/h1-8,14,16H,9-11,19H2. The first-order valence-corrected chi connectivity index (χ1v) is 7.18. The van der Waals surface area contributed by atoms with Gasteiger partial charge in [-0.05, 0) is 54.0 Å². The number of hydrogen-bond acceptors (Lipinski definition) is 1. The highest BCUT2D eigenvalue weighted by atomic mass is 35.5. The van der Waals surface area contributed by atoms with Crippen LogP contribution < -0.4 is 5.73 Å². The molecular weight excluding hydrogens is 254 g/mol. The zero-order chi connectivity index (χ0) is 13.2. The van der Waals surface area contributed by atoms with Gasteiger partial charge in [-0.25, -0.2) is 0 Å². The van der Waals surface area contributed by atoms with Crippen LogP contribution in [0.25, 0.3) is 0 Å². The van der Waals surface area contributed by atoms with E-state index >= 15 is 0 Å². The third-order valence-corrected chi connectivity index (χ3v) is 4.21. The number of halogens is 1. The Kier molecular flexibility index (Phi) is 3.58. The number of nitrogens with two attached hydrogens (primary N) is 1. The molecule has 2 heteroatoms. The van der Waals surface area contributed by atoms with E-state index in [1.807, 2.05) is 12.1 Å². The van der Waals surface area contributed by atoms with Gasteiger partial charge in [-0.1, -0.05) is 48.0 Å². The van der Waals surface area contributed by atoms with Crippen molar-refractivity contribution >= 4 is 11.6 Å². The minimum Gasteiger partial charge on any atom is -0.327 e. The Morgan fingerprint density at radius 3 is 2.58 bits per heavy atom. The predicted molar refractivity (Wildman–Crippen MR) is 80.6 cm³/mol. The molecule has 1 aliphatic rings. The molecule has 0 saturated heterocycles. The maximum Gasteiger partial charge on any atom is 0.0406 e. The first-order valence-electron chi connectivity index (χ1n) is 6.80. The van der Waals surface area contributed by atoms with E-state index in [1.54, 1.807) is 0 Å². The van der Waals surface area contributed by atoms with Crippen molar-refractivity contribution in [3.05, 3.63) is 70.2 Å². The molecule has 0 aliphatic heterocycles. The zero-order valence-corrected chi connectivity index (χ0v) is 11.6. The Hall–Kier alpha value is -1.31. The molecule has 98 valence electrons. The Labute approximate surface area is 119 Å². The van der Waals surface area contributed by atoms with Gasteiger partial charge in [0.25, 0.3) is 0 Å². The van der Waals surface area contributed by atoms with Crippen LogP contribution in [0.4, 0.5) is 0 Å². The van der Waals surface area contributed by atoms with Gasteiger partial charge in [0, 0.05) is 11.1 Å². The van der Waals surface area contributed by atoms with E-state index in [9.17, 15) is 0 Å². The van der Waals surface area contributed by atoms with Crippen LogP contribution in [0.3, 0.4) is 0 Å². The van der Waals surface area contributed by atoms with Crippen molar-refractivity contribution in [2.45, 2.75) is 31.2 Å². The molecule has 2 atom stereocenters. The fourth-order valence-corrected chi connectivity index (χ4v) is 3.07. The molecule has 0 aromatic heterocycles. The Bertz CT molecular complexity index is 562. The van der Waals surface area contributed by atoms with Gasteiger partial charge in [0.1, 0.15) is 0 Å². The Balaban J connectivity index is 1.58. The molecule has 0 saturated carbocycles. The van der Waals surface area contributed by atoms with Crippen molar-refractivity contribution in [2.75, 3.05) is 0 Å².